The largest absolute Gasteiger partial charge is 0.355 e. The standard InChI is InChI=1S/C16H15N3O2/c1-10-5-3-4-6-14(10)19-16(21)12-9-11(15(20)17-2)7-8-13(12)18-19/h3-9,18H,1-2H3,(H,17,20). The average Bonchev–Trinajstić information content (AvgIpc) is 2.83. The molecule has 0 aliphatic heterocycles. The summed E-state index contributed by atoms with van der Waals surface area (Å²) in [7, 11) is 1.56. The van der Waals surface area contributed by atoms with Gasteiger partial charge in [0.05, 0.1) is 16.6 Å². The number of para-hydroxylation sites is 1. The highest BCUT2D eigenvalue weighted by Gasteiger charge is 2.12. The van der Waals surface area contributed by atoms with Crippen molar-refractivity contribution in [3.05, 3.63) is 63.9 Å². The van der Waals surface area contributed by atoms with E-state index in [1.165, 1.54) is 4.68 Å². The van der Waals surface area contributed by atoms with E-state index < -0.39 is 0 Å². The lowest BCUT2D eigenvalue weighted by atomic mass is 10.1. The van der Waals surface area contributed by atoms with Gasteiger partial charge in [-0.05, 0) is 36.8 Å². The molecule has 0 fully saturated rings. The third-order valence-corrected chi connectivity index (χ3v) is 3.53. The molecule has 21 heavy (non-hydrogen) atoms. The fourth-order valence-corrected chi connectivity index (χ4v) is 2.38. The Balaban J connectivity index is 2.24. The number of carbonyl (C=O) groups is 1. The number of carbonyl (C=O) groups excluding carboxylic acids is 1. The number of nitrogens with one attached hydrogen (secondary N) is 2. The van der Waals surface area contributed by atoms with Gasteiger partial charge in [-0.25, -0.2) is 4.68 Å². The smallest absolute Gasteiger partial charge is 0.279 e. The fourth-order valence-electron chi connectivity index (χ4n) is 2.38. The summed E-state index contributed by atoms with van der Waals surface area (Å²) in [5, 5.41) is 6.13. The second-order valence-electron chi connectivity index (χ2n) is 4.88. The van der Waals surface area contributed by atoms with E-state index >= 15 is 0 Å². The first-order valence-electron chi connectivity index (χ1n) is 6.64. The van der Waals surface area contributed by atoms with Crippen molar-refractivity contribution in [1.82, 2.24) is 15.1 Å². The molecule has 2 aromatic carbocycles. The Kier molecular flexibility index (Phi) is 3.10. The minimum absolute atomic E-state index is 0.162. The number of rotatable bonds is 2. The van der Waals surface area contributed by atoms with E-state index in [4.69, 9.17) is 0 Å². The van der Waals surface area contributed by atoms with Crippen LogP contribution in [0.15, 0.2) is 47.3 Å². The summed E-state index contributed by atoms with van der Waals surface area (Å²) in [6.45, 7) is 1.95. The number of nitrogens with zero attached hydrogens (tertiary/aromatic N) is 1. The Hall–Kier alpha value is -2.82. The Morgan fingerprint density at radius 3 is 2.67 bits per heavy atom. The molecule has 5 nitrogen and oxygen atoms in total. The number of aryl methyl sites for hydroxylation is 1. The quantitative estimate of drug-likeness (QED) is 0.754. The van der Waals surface area contributed by atoms with Gasteiger partial charge in [0.1, 0.15) is 0 Å². The van der Waals surface area contributed by atoms with E-state index in [0.717, 1.165) is 11.3 Å². The summed E-state index contributed by atoms with van der Waals surface area (Å²) in [6, 6.07) is 12.7. The molecule has 0 saturated heterocycles. The highest BCUT2D eigenvalue weighted by Crippen LogP contribution is 2.15. The number of amides is 1. The van der Waals surface area contributed by atoms with Crippen molar-refractivity contribution < 1.29 is 4.79 Å². The van der Waals surface area contributed by atoms with Gasteiger partial charge in [-0.15, -0.1) is 0 Å². The zero-order valence-electron chi connectivity index (χ0n) is 11.8. The van der Waals surface area contributed by atoms with E-state index in [1.807, 2.05) is 31.2 Å². The molecule has 0 unspecified atom stereocenters. The molecular formula is C16H15N3O2. The predicted molar refractivity (Wildman–Crippen MR) is 82.0 cm³/mol. The second kappa shape index (κ2) is 4.94. The molecule has 2 N–H and O–H groups in total. The molecule has 0 spiro atoms. The van der Waals surface area contributed by atoms with Gasteiger partial charge in [0.2, 0.25) is 0 Å². The third kappa shape index (κ3) is 2.12. The van der Waals surface area contributed by atoms with Gasteiger partial charge >= 0.3 is 0 Å². The normalized spacial score (nSPS) is 10.8. The highest BCUT2D eigenvalue weighted by molar-refractivity contribution is 5.97. The number of H-pyrrole nitrogens is 1. The van der Waals surface area contributed by atoms with Crippen molar-refractivity contribution >= 4 is 16.8 Å². The zero-order valence-corrected chi connectivity index (χ0v) is 11.8. The summed E-state index contributed by atoms with van der Waals surface area (Å²) in [6.07, 6.45) is 0. The van der Waals surface area contributed by atoms with Crippen molar-refractivity contribution in [2.24, 2.45) is 0 Å². The zero-order chi connectivity index (χ0) is 15.0. The summed E-state index contributed by atoms with van der Waals surface area (Å²) < 4.78 is 1.51. The maximum absolute atomic E-state index is 12.5. The number of aromatic nitrogens is 2. The van der Waals surface area contributed by atoms with Gasteiger partial charge in [-0.3, -0.25) is 14.7 Å². The second-order valence-corrected chi connectivity index (χ2v) is 4.88. The van der Waals surface area contributed by atoms with E-state index in [2.05, 4.69) is 10.4 Å². The molecule has 0 atom stereocenters. The Morgan fingerprint density at radius 1 is 1.19 bits per heavy atom. The van der Waals surface area contributed by atoms with Crippen LogP contribution in [0.4, 0.5) is 0 Å². The van der Waals surface area contributed by atoms with Crippen molar-refractivity contribution in [1.29, 1.82) is 0 Å². The van der Waals surface area contributed by atoms with Gasteiger partial charge in [0.15, 0.2) is 0 Å². The average molecular weight is 281 g/mol. The van der Waals surface area contributed by atoms with Crippen LogP contribution in [-0.4, -0.2) is 22.7 Å². The van der Waals surface area contributed by atoms with Crippen LogP contribution in [0, 0.1) is 6.92 Å². The molecule has 106 valence electrons. The third-order valence-electron chi connectivity index (χ3n) is 3.53. The summed E-state index contributed by atoms with van der Waals surface area (Å²) >= 11 is 0. The molecule has 0 aliphatic rings. The highest BCUT2D eigenvalue weighted by atomic mass is 16.1. The molecular weight excluding hydrogens is 266 g/mol. The first kappa shape index (κ1) is 13.2. The lowest BCUT2D eigenvalue weighted by molar-refractivity contribution is 0.0963. The van der Waals surface area contributed by atoms with Crippen molar-refractivity contribution in [2.75, 3.05) is 7.05 Å². The van der Waals surface area contributed by atoms with Gasteiger partial charge in [-0.2, -0.15) is 0 Å². The SMILES string of the molecule is CNC(=O)c1ccc2[nH]n(-c3ccccc3C)c(=O)c2c1. The van der Waals surface area contributed by atoms with Crippen molar-refractivity contribution in [2.45, 2.75) is 6.92 Å². The molecule has 0 aliphatic carbocycles. The van der Waals surface area contributed by atoms with Crippen LogP contribution >= 0.6 is 0 Å². The van der Waals surface area contributed by atoms with Crippen LogP contribution < -0.4 is 10.9 Å². The topological polar surface area (TPSA) is 66.9 Å². The van der Waals surface area contributed by atoms with E-state index in [-0.39, 0.29) is 11.5 Å². The van der Waals surface area contributed by atoms with Gasteiger partial charge in [0, 0.05) is 12.6 Å². The molecule has 1 amide bonds. The van der Waals surface area contributed by atoms with Crippen LogP contribution in [0.2, 0.25) is 0 Å². The molecule has 0 radical (unpaired) electrons. The minimum Gasteiger partial charge on any atom is -0.355 e. The molecule has 1 aromatic heterocycles. The van der Waals surface area contributed by atoms with Crippen LogP contribution in [-0.2, 0) is 0 Å². The number of hydrogen-bond acceptors (Lipinski definition) is 2. The first-order chi connectivity index (χ1) is 10.1. The van der Waals surface area contributed by atoms with E-state index in [9.17, 15) is 9.59 Å². The van der Waals surface area contributed by atoms with Crippen molar-refractivity contribution in [3.8, 4) is 5.69 Å². The monoisotopic (exact) mass is 281 g/mol. The number of hydrogen-bond donors (Lipinski definition) is 2. The molecule has 0 saturated carbocycles. The lowest BCUT2D eigenvalue weighted by Gasteiger charge is -2.04. The summed E-state index contributed by atoms with van der Waals surface area (Å²) in [5.41, 5.74) is 2.82. The molecule has 1 heterocycles. The minimum atomic E-state index is -0.208. The maximum atomic E-state index is 12.5. The van der Waals surface area contributed by atoms with Gasteiger partial charge < -0.3 is 5.32 Å². The number of aromatic amines is 1. The summed E-state index contributed by atoms with van der Waals surface area (Å²) in [5.74, 6) is -0.208. The van der Waals surface area contributed by atoms with Crippen LogP contribution in [0.1, 0.15) is 15.9 Å². The summed E-state index contributed by atoms with van der Waals surface area (Å²) in [4.78, 5) is 24.2. The van der Waals surface area contributed by atoms with Crippen LogP contribution in [0.5, 0.6) is 0 Å². The van der Waals surface area contributed by atoms with Gasteiger partial charge in [0.25, 0.3) is 11.5 Å². The number of benzene rings is 2. The van der Waals surface area contributed by atoms with Crippen molar-refractivity contribution in [3.63, 3.8) is 0 Å². The lowest BCUT2D eigenvalue weighted by Crippen LogP contribution is -2.18. The molecule has 5 heteroatoms. The Bertz CT molecular complexity index is 890. The predicted octanol–water partition coefficient (Wildman–Crippen LogP) is 1.99. The van der Waals surface area contributed by atoms with Crippen LogP contribution in [0.3, 0.4) is 0 Å². The van der Waals surface area contributed by atoms with E-state index in [1.54, 1.807) is 25.2 Å². The molecule has 3 rings (SSSR count). The maximum Gasteiger partial charge on any atom is 0.279 e. The van der Waals surface area contributed by atoms with Gasteiger partial charge in [-0.1, -0.05) is 18.2 Å². The fraction of sp³-hybridized carbons (Fsp3) is 0.125. The first-order valence-corrected chi connectivity index (χ1v) is 6.64. The molecule has 0 bridgehead atoms. The van der Waals surface area contributed by atoms with Crippen LogP contribution in [0.25, 0.3) is 16.6 Å². The van der Waals surface area contributed by atoms with E-state index in [0.29, 0.717) is 16.5 Å². The Morgan fingerprint density at radius 2 is 1.95 bits per heavy atom. The number of fused-ring (bicyclic) bond motifs is 1. The molecule has 3 aromatic rings. The Labute approximate surface area is 121 Å².